The Morgan fingerprint density at radius 1 is 0.431 bits per heavy atom. The van der Waals surface area contributed by atoms with Crippen molar-refractivity contribution in [3.05, 3.63) is 143 Å². The zero-order valence-corrected chi connectivity index (χ0v) is 42.6. The van der Waals surface area contributed by atoms with Crippen molar-refractivity contribution in [3.63, 3.8) is 0 Å². The topological polar surface area (TPSA) is 0 Å². The quantitative estimate of drug-likeness (QED) is 0.120. The monoisotopic (exact) mass is 862 g/mol. The Balaban J connectivity index is 0.000000238. The minimum atomic E-state index is 0. The summed E-state index contributed by atoms with van der Waals surface area (Å²) in [6.45, 7) is 35.5. The van der Waals surface area contributed by atoms with Gasteiger partial charge in [0.2, 0.25) is 0 Å². The molecule has 2 heteroatoms. The minimum absolute atomic E-state index is 0. The summed E-state index contributed by atoms with van der Waals surface area (Å²) in [5.74, 6) is 0. The van der Waals surface area contributed by atoms with E-state index in [1.165, 1.54) is 139 Å². The van der Waals surface area contributed by atoms with Crippen LogP contribution in [0.1, 0.15) is 152 Å². The molecular formula is C56H72SiZr-4. The summed E-state index contributed by atoms with van der Waals surface area (Å²) >= 11 is 1.36. The van der Waals surface area contributed by atoms with Crippen LogP contribution in [-0.4, -0.2) is 6.88 Å². The van der Waals surface area contributed by atoms with Gasteiger partial charge in [0.1, 0.15) is 0 Å². The average Bonchev–Trinajstić information content (AvgIpc) is 3.91. The first-order chi connectivity index (χ1) is 26.1. The molecule has 6 aromatic rings. The Kier molecular flexibility index (Phi) is 14.6. The van der Waals surface area contributed by atoms with Crippen molar-refractivity contribution < 1.29 is 23.3 Å². The van der Waals surface area contributed by atoms with Crippen LogP contribution in [0.3, 0.4) is 0 Å². The molecular weight excluding hydrogens is 792 g/mol. The summed E-state index contributed by atoms with van der Waals surface area (Å²) in [7, 11) is 0. The van der Waals surface area contributed by atoms with E-state index in [9.17, 15) is 0 Å². The van der Waals surface area contributed by atoms with Crippen LogP contribution in [0.2, 0.25) is 0 Å². The van der Waals surface area contributed by atoms with Crippen molar-refractivity contribution in [3.8, 4) is 22.3 Å². The molecule has 0 unspecified atom stereocenters. The fourth-order valence-corrected chi connectivity index (χ4v) is 9.08. The van der Waals surface area contributed by atoms with Gasteiger partial charge in [-0.15, -0.1) is 56.9 Å². The van der Waals surface area contributed by atoms with Gasteiger partial charge in [-0.1, -0.05) is 167 Å². The fourth-order valence-electron chi connectivity index (χ4n) is 9.08. The molecule has 0 saturated carbocycles. The summed E-state index contributed by atoms with van der Waals surface area (Å²) in [5, 5.41) is 5.72. The van der Waals surface area contributed by atoms with Crippen molar-refractivity contribution in [1.29, 1.82) is 0 Å². The molecule has 6 aromatic carbocycles. The van der Waals surface area contributed by atoms with E-state index in [1.54, 1.807) is 22.3 Å². The van der Waals surface area contributed by atoms with Crippen LogP contribution in [0.5, 0.6) is 0 Å². The summed E-state index contributed by atoms with van der Waals surface area (Å²) in [4.78, 5) is 0. The summed E-state index contributed by atoms with van der Waals surface area (Å²) in [6, 6.07) is 29.1. The second-order valence-electron chi connectivity index (χ2n) is 21.2. The van der Waals surface area contributed by atoms with Gasteiger partial charge in [-0.25, -0.2) is 0 Å². The molecule has 2 aliphatic carbocycles. The zero-order valence-electron chi connectivity index (χ0n) is 39.2. The molecule has 0 atom stereocenters. The molecule has 0 nitrogen and oxygen atoms in total. The van der Waals surface area contributed by atoms with Gasteiger partial charge in [0.05, 0.1) is 0 Å². The van der Waals surface area contributed by atoms with Crippen LogP contribution in [0, 0.1) is 28.7 Å². The van der Waals surface area contributed by atoms with E-state index in [1.807, 2.05) is 0 Å². The first kappa shape index (κ1) is 47.9. The molecule has 0 fully saturated rings. The molecule has 8 rings (SSSR count). The van der Waals surface area contributed by atoms with Crippen LogP contribution in [0.25, 0.3) is 43.8 Å². The number of rotatable bonds is 2. The maximum atomic E-state index is 3.06. The third-order valence-electron chi connectivity index (χ3n) is 12.4. The van der Waals surface area contributed by atoms with Crippen LogP contribution in [-0.2, 0) is 70.7 Å². The summed E-state index contributed by atoms with van der Waals surface area (Å²) in [5.41, 5.74) is 21.3. The Morgan fingerprint density at radius 2 is 0.724 bits per heavy atom. The van der Waals surface area contributed by atoms with Crippen molar-refractivity contribution in [1.82, 2.24) is 0 Å². The fraction of sp³-hybridized carbons (Fsp3) is 0.429. The Morgan fingerprint density at radius 3 is 1.00 bits per heavy atom. The van der Waals surface area contributed by atoms with Crippen molar-refractivity contribution >= 4 is 28.4 Å². The molecule has 308 valence electrons. The standard InChI is InChI=1S/2C27H33.2CH3.Si.Zr/c2*1-17-11-19-13-18-9-8-10-23(18)25(24(19)12-17)20-14-21(26(2,3)4)16-22(15-20)27(5,6)7;;;;/h2*11-16H,8-10H2,1-7H3;2*1H3;;/q4*-1;;. The number of hydrogen-bond donors (Lipinski definition) is 0. The van der Waals surface area contributed by atoms with E-state index in [4.69, 9.17) is 0 Å². The molecule has 0 bridgehead atoms. The summed E-state index contributed by atoms with van der Waals surface area (Å²) in [6.07, 6.45) is 7.48. The van der Waals surface area contributed by atoms with Gasteiger partial charge in [0.25, 0.3) is 0 Å². The maximum absolute atomic E-state index is 3.06. The zero-order chi connectivity index (χ0) is 41.1. The molecule has 0 heterocycles. The number of hydrogen-bond acceptors (Lipinski definition) is 0. The molecule has 0 amide bonds. The van der Waals surface area contributed by atoms with Gasteiger partial charge < -0.3 is 14.9 Å². The van der Waals surface area contributed by atoms with E-state index in [2.05, 4.69) is 177 Å². The normalized spacial score (nSPS) is 13.8. The van der Waals surface area contributed by atoms with Gasteiger partial charge in [0, 0.05) is 0 Å². The number of aryl methyl sites for hydroxylation is 4. The third kappa shape index (κ3) is 9.87. The molecule has 0 aliphatic heterocycles. The number of fused-ring (bicyclic) bond motifs is 4. The van der Waals surface area contributed by atoms with Gasteiger partial charge in [-0.2, -0.15) is 12.1 Å². The predicted octanol–water partition coefficient (Wildman–Crippen LogP) is 15.8. The van der Waals surface area contributed by atoms with Crippen molar-refractivity contribution in [2.75, 3.05) is 0 Å². The van der Waals surface area contributed by atoms with E-state index < -0.39 is 0 Å². The molecule has 0 aromatic heterocycles. The van der Waals surface area contributed by atoms with E-state index >= 15 is 0 Å². The average molecular weight is 865 g/mol. The van der Waals surface area contributed by atoms with Crippen molar-refractivity contribution in [2.45, 2.75) is 157 Å². The Bertz CT molecular complexity index is 2160. The van der Waals surface area contributed by atoms with E-state index in [0.29, 0.717) is 0 Å². The van der Waals surface area contributed by atoms with Gasteiger partial charge in [0.15, 0.2) is 0 Å². The summed E-state index contributed by atoms with van der Waals surface area (Å²) < 4.78 is 0. The molecule has 58 heavy (non-hydrogen) atoms. The first-order valence-corrected chi connectivity index (χ1v) is 25.3. The molecule has 2 radical (unpaired) electrons. The van der Waals surface area contributed by atoms with Crippen LogP contribution < -0.4 is 0 Å². The molecule has 0 spiro atoms. The molecule has 0 saturated heterocycles. The second kappa shape index (κ2) is 17.7. The Labute approximate surface area is 372 Å². The van der Waals surface area contributed by atoms with E-state index in [0.717, 1.165) is 0 Å². The van der Waals surface area contributed by atoms with Crippen molar-refractivity contribution in [2.24, 2.45) is 0 Å². The number of benzene rings is 4. The third-order valence-corrected chi connectivity index (χ3v) is 12.4. The Hall–Kier alpha value is -2.80. The van der Waals surface area contributed by atoms with Gasteiger partial charge in [-0.3, -0.25) is 0 Å². The SMILES string of the molecule is Cc1cc2c(-c3cc(C(C)(C)C)cc(C(C)(C)C)c3)c3c(cc2[cH-]1)CCC3.Cc1cc2c(-c3cc(C(C)(C)C)cc(C(C)(C)C)c3)c3c(cc2[cH-]1)CCC3.[CH3-].[CH3-].[Si]=[Zr]. The first-order valence-electron chi connectivity index (χ1n) is 21.1. The molecule has 0 N–H and O–H groups in total. The second-order valence-corrected chi connectivity index (χ2v) is 21.2. The van der Waals surface area contributed by atoms with Crippen LogP contribution in [0.4, 0.5) is 0 Å². The van der Waals surface area contributed by atoms with Gasteiger partial charge in [-0.05, 0) is 93.6 Å². The van der Waals surface area contributed by atoms with Gasteiger partial charge >= 0.3 is 30.2 Å². The molecule has 2 aliphatic rings. The predicted molar refractivity (Wildman–Crippen MR) is 257 cm³/mol. The van der Waals surface area contributed by atoms with E-state index in [-0.39, 0.29) is 36.5 Å². The van der Waals surface area contributed by atoms with Crippen LogP contribution in [0.15, 0.2) is 72.8 Å². The van der Waals surface area contributed by atoms with Crippen LogP contribution >= 0.6 is 0 Å².